The molecule has 0 saturated carbocycles. The van der Waals surface area contributed by atoms with Crippen LogP contribution in [0.5, 0.6) is 0 Å². The topological polar surface area (TPSA) is 26.0 Å². The lowest BCUT2D eigenvalue weighted by Crippen LogP contribution is -2.04. The molecule has 0 aliphatic carbocycles. The third-order valence-electron chi connectivity index (χ3n) is 1.28. The van der Waals surface area contributed by atoms with Crippen LogP contribution in [0, 0.1) is 6.92 Å². The largest absolute Gasteiger partial charge is 0.324 e. The molecular weight excluding hydrogens is 146 g/mol. The molecule has 0 aromatic heterocycles. The van der Waals surface area contributed by atoms with Gasteiger partial charge in [0.2, 0.25) is 0 Å². The lowest BCUT2D eigenvalue weighted by Gasteiger charge is -2.03. The molecular formula is C8H9ClN. The number of benzene rings is 1. The Balaban J connectivity index is 2.96. The molecule has 0 aliphatic rings. The maximum atomic E-state index is 5.71. The van der Waals surface area contributed by atoms with Crippen LogP contribution in [0.4, 0.5) is 0 Å². The summed E-state index contributed by atoms with van der Waals surface area (Å²) in [6, 6.07) is 7.22. The SMILES string of the molecule is [CH2]C(N)c1cccc(Cl)c1. The van der Waals surface area contributed by atoms with E-state index in [1.54, 1.807) is 0 Å². The van der Waals surface area contributed by atoms with Gasteiger partial charge in [-0.3, -0.25) is 0 Å². The monoisotopic (exact) mass is 154 g/mol. The zero-order valence-electron chi connectivity index (χ0n) is 5.55. The van der Waals surface area contributed by atoms with Crippen molar-refractivity contribution in [2.45, 2.75) is 6.04 Å². The molecule has 1 aromatic carbocycles. The summed E-state index contributed by atoms with van der Waals surface area (Å²) < 4.78 is 0. The van der Waals surface area contributed by atoms with E-state index in [0.717, 1.165) is 5.56 Å². The van der Waals surface area contributed by atoms with Crippen LogP contribution in [-0.4, -0.2) is 0 Å². The predicted octanol–water partition coefficient (Wildman–Crippen LogP) is 2.17. The van der Waals surface area contributed by atoms with Gasteiger partial charge >= 0.3 is 0 Å². The van der Waals surface area contributed by atoms with Crippen molar-refractivity contribution < 1.29 is 0 Å². The van der Waals surface area contributed by atoms with Crippen LogP contribution < -0.4 is 5.73 Å². The molecule has 0 fully saturated rings. The van der Waals surface area contributed by atoms with Gasteiger partial charge in [0.15, 0.2) is 0 Å². The fraction of sp³-hybridized carbons (Fsp3) is 0.125. The van der Waals surface area contributed by atoms with Crippen molar-refractivity contribution >= 4 is 11.6 Å². The average molecular weight is 155 g/mol. The zero-order valence-corrected chi connectivity index (χ0v) is 6.31. The first-order valence-corrected chi connectivity index (χ1v) is 3.42. The van der Waals surface area contributed by atoms with E-state index in [-0.39, 0.29) is 6.04 Å². The van der Waals surface area contributed by atoms with Gasteiger partial charge in [-0.1, -0.05) is 23.7 Å². The molecule has 2 N–H and O–H groups in total. The minimum Gasteiger partial charge on any atom is -0.324 e. The van der Waals surface area contributed by atoms with Gasteiger partial charge in [-0.25, -0.2) is 0 Å². The molecule has 0 aliphatic heterocycles. The Morgan fingerprint density at radius 3 is 2.60 bits per heavy atom. The zero-order chi connectivity index (χ0) is 7.56. The Morgan fingerprint density at radius 2 is 2.20 bits per heavy atom. The average Bonchev–Trinajstić information content (AvgIpc) is 1.88. The second-order valence-electron chi connectivity index (χ2n) is 2.16. The molecule has 0 bridgehead atoms. The normalized spacial score (nSPS) is 13.1. The smallest absolute Gasteiger partial charge is 0.0409 e. The summed E-state index contributed by atoms with van der Waals surface area (Å²) in [5.74, 6) is 0. The van der Waals surface area contributed by atoms with Crippen molar-refractivity contribution in [2.75, 3.05) is 0 Å². The first kappa shape index (κ1) is 7.58. The second-order valence-corrected chi connectivity index (χ2v) is 2.60. The molecule has 1 aromatic rings. The maximum Gasteiger partial charge on any atom is 0.0409 e. The number of halogens is 1. The lowest BCUT2D eigenvalue weighted by atomic mass is 10.1. The van der Waals surface area contributed by atoms with Crippen LogP contribution in [0.3, 0.4) is 0 Å². The molecule has 1 unspecified atom stereocenters. The van der Waals surface area contributed by atoms with Gasteiger partial charge < -0.3 is 5.73 Å². The van der Waals surface area contributed by atoms with Crippen molar-refractivity contribution in [2.24, 2.45) is 5.73 Å². The number of hydrogen-bond donors (Lipinski definition) is 1. The van der Waals surface area contributed by atoms with Crippen LogP contribution in [0.15, 0.2) is 24.3 Å². The van der Waals surface area contributed by atoms with Gasteiger partial charge in [0.25, 0.3) is 0 Å². The number of hydrogen-bond acceptors (Lipinski definition) is 1. The van der Waals surface area contributed by atoms with E-state index < -0.39 is 0 Å². The summed E-state index contributed by atoms with van der Waals surface area (Å²) in [5, 5.41) is 0.705. The van der Waals surface area contributed by atoms with Crippen LogP contribution in [0.2, 0.25) is 5.02 Å². The van der Waals surface area contributed by atoms with E-state index in [2.05, 4.69) is 6.92 Å². The number of nitrogens with two attached hydrogens (primary N) is 1. The van der Waals surface area contributed by atoms with E-state index in [9.17, 15) is 0 Å². The third kappa shape index (κ3) is 1.72. The highest BCUT2D eigenvalue weighted by molar-refractivity contribution is 6.30. The standard InChI is InChI=1S/C8H9ClN/c1-6(10)7-3-2-4-8(9)5-7/h2-6H,1,10H2. The molecule has 10 heavy (non-hydrogen) atoms. The highest BCUT2D eigenvalue weighted by Gasteiger charge is 1.97. The Hall–Kier alpha value is -0.530. The van der Waals surface area contributed by atoms with Crippen molar-refractivity contribution in [3.8, 4) is 0 Å². The van der Waals surface area contributed by atoms with Crippen molar-refractivity contribution in [1.29, 1.82) is 0 Å². The molecule has 1 rings (SSSR count). The molecule has 0 spiro atoms. The van der Waals surface area contributed by atoms with E-state index in [1.807, 2.05) is 24.3 Å². The lowest BCUT2D eigenvalue weighted by molar-refractivity contribution is 0.908. The minimum atomic E-state index is -0.182. The first-order valence-electron chi connectivity index (χ1n) is 3.04. The predicted molar refractivity (Wildman–Crippen MR) is 43.7 cm³/mol. The van der Waals surface area contributed by atoms with Gasteiger partial charge in [0, 0.05) is 11.1 Å². The van der Waals surface area contributed by atoms with Gasteiger partial charge in [-0.15, -0.1) is 0 Å². The van der Waals surface area contributed by atoms with Crippen molar-refractivity contribution in [3.63, 3.8) is 0 Å². The molecule has 1 nitrogen and oxygen atoms in total. The van der Waals surface area contributed by atoms with Gasteiger partial charge in [0.05, 0.1) is 0 Å². The summed E-state index contributed by atoms with van der Waals surface area (Å²) in [5.41, 5.74) is 6.48. The molecule has 0 amide bonds. The summed E-state index contributed by atoms with van der Waals surface area (Å²) in [6.07, 6.45) is 0. The van der Waals surface area contributed by atoms with Crippen LogP contribution in [-0.2, 0) is 0 Å². The van der Waals surface area contributed by atoms with Crippen LogP contribution in [0.25, 0.3) is 0 Å². The Kier molecular flexibility index (Phi) is 2.30. The summed E-state index contributed by atoms with van der Waals surface area (Å²) in [7, 11) is 0. The highest BCUT2D eigenvalue weighted by atomic mass is 35.5. The quantitative estimate of drug-likeness (QED) is 0.659. The number of rotatable bonds is 1. The maximum absolute atomic E-state index is 5.71. The third-order valence-corrected chi connectivity index (χ3v) is 1.51. The minimum absolute atomic E-state index is 0.182. The van der Waals surface area contributed by atoms with E-state index in [4.69, 9.17) is 17.3 Å². The van der Waals surface area contributed by atoms with Crippen molar-refractivity contribution in [1.82, 2.24) is 0 Å². The van der Waals surface area contributed by atoms with Gasteiger partial charge in [0.1, 0.15) is 0 Å². The highest BCUT2D eigenvalue weighted by Crippen LogP contribution is 2.14. The van der Waals surface area contributed by atoms with E-state index in [0.29, 0.717) is 5.02 Å². The molecule has 1 atom stereocenters. The second kappa shape index (κ2) is 3.04. The fourth-order valence-corrected chi connectivity index (χ4v) is 0.936. The Bertz CT molecular complexity index is 220. The first-order chi connectivity index (χ1) is 4.70. The van der Waals surface area contributed by atoms with Crippen molar-refractivity contribution in [3.05, 3.63) is 41.8 Å². The summed E-state index contributed by atoms with van der Waals surface area (Å²) in [4.78, 5) is 0. The molecule has 53 valence electrons. The molecule has 1 radical (unpaired) electrons. The Labute approximate surface area is 65.8 Å². The van der Waals surface area contributed by atoms with Gasteiger partial charge in [-0.05, 0) is 24.6 Å². The van der Waals surface area contributed by atoms with E-state index in [1.165, 1.54) is 0 Å². The van der Waals surface area contributed by atoms with Gasteiger partial charge in [-0.2, -0.15) is 0 Å². The van der Waals surface area contributed by atoms with Crippen LogP contribution >= 0.6 is 11.6 Å². The summed E-state index contributed by atoms with van der Waals surface area (Å²) in [6.45, 7) is 3.67. The van der Waals surface area contributed by atoms with E-state index >= 15 is 0 Å². The summed E-state index contributed by atoms with van der Waals surface area (Å²) >= 11 is 5.71. The molecule has 0 saturated heterocycles. The molecule has 0 heterocycles. The van der Waals surface area contributed by atoms with Crippen LogP contribution in [0.1, 0.15) is 11.6 Å². The molecule has 2 heteroatoms. The Morgan fingerprint density at radius 1 is 1.50 bits per heavy atom. The fourth-order valence-electron chi connectivity index (χ4n) is 0.737.